The van der Waals surface area contributed by atoms with Gasteiger partial charge >= 0.3 is 5.97 Å². The van der Waals surface area contributed by atoms with Gasteiger partial charge in [0, 0.05) is 10.9 Å². The van der Waals surface area contributed by atoms with E-state index in [-0.39, 0.29) is 24.5 Å². The van der Waals surface area contributed by atoms with Crippen molar-refractivity contribution in [2.24, 2.45) is 0 Å². The quantitative estimate of drug-likeness (QED) is 0.486. The molecule has 2 aromatic carbocycles. The van der Waals surface area contributed by atoms with Crippen LogP contribution >= 0.6 is 15.9 Å². The third-order valence-electron chi connectivity index (χ3n) is 3.65. The number of ether oxygens (including phenoxy) is 2. The maximum absolute atomic E-state index is 12.2. The Labute approximate surface area is 164 Å². The Morgan fingerprint density at radius 2 is 1.93 bits per heavy atom. The summed E-state index contributed by atoms with van der Waals surface area (Å²) in [5.41, 5.74) is 1.03. The molecule has 2 rings (SSSR count). The second-order valence-corrected chi connectivity index (χ2v) is 6.52. The number of benzene rings is 2. The van der Waals surface area contributed by atoms with E-state index in [0.717, 1.165) is 5.56 Å². The number of aldehydes is 1. The van der Waals surface area contributed by atoms with Crippen molar-refractivity contribution in [3.8, 4) is 11.5 Å². The number of esters is 1. The number of methoxy groups -OCH3 is 1. The number of rotatable bonds is 8. The van der Waals surface area contributed by atoms with Crippen molar-refractivity contribution in [2.75, 3.05) is 13.7 Å². The SMILES string of the molecule is COC(=O)[C@H](Cc1ccc(O)cc1)NC(=O)COc1ccc(Br)cc1C=O. The Morgan fingerprint density at radius 3 is 2.56 bits per heavy atom. The molecule has 0 saturated carbocycles. The molecule has 0 unspecified atom stereocenters. The lowest BCUT2D eigenvalue weighted by Gasteiger charge is -2.17. The van der Waals surface area contributed by atoms with E-state index >= 15 is 0 Å². The lowest BCUT2D eigenvalue weighted by atomic mass is 10.1. The largest absolute Gasteiger partial charge is 0.508 e. The zero-order valence-electron chi connectivity index (χ0n) is 14.5. The summed E-state index contributed by atoms with van der Waals surface area (Å²) in [4.78, 5) is 35.2. The van der Waals surface area contributed by atoms with Gasteiger partial charge in [-0.1, -0.05) is 28.1 Å². The number of halogens is 1. The Balaban J connectivity index is 2.00. The van der Waals surface area contributed by atoms with Crippen LogP contribution in [-0.2, 0) is 20.7 Å². The zero-order chi connectivity index (χ0) is 19.8. The highest BCUT2D eigenvalue weighted by atomic mass is 79.9. The fraction of sp³-hybridized carbons (Fsp3) is 0.211. The molecule has 1 amide bonds. The third-order valence-corrected chi connectivity index (χ3v) is 4.15. The maximum atomic E-state index is 12.2. The highest BCUT2D eigenvalue weighted by molar-refractivity contribution is 9.10. The van der Waals surface area contributed by atoms with Crippen molar-refractivity contribution >= 4 is 34.1 Å². The van der Waals surface area contributed by atoms with Gasteiger partial charge in [0.1, 0.15) is 17.5 Å². The summed E-state index contributed by atoms with van der Waals surface area (Å²) in [5, 5.41) is 11.9. The highest BCUT2D eigenvalue weighted by Crippen LogP contribution is 2.21. The highest BCUT2D eigenvalue weighted by Gasteiger charge is 2.22. The molecule has 0 aliphatic carbocycles. The van der Waals surface area contributed by atoms with Gasteiger partial charge in [0.2, 0.25) is 0 Å². The number of aromatic hydroxyl groups is 1. The molecule has 0 radical (unpaired) electrons. The second kappa shape index (κ2) is 9.72. The molecule has 0 aromatic heterocycles. The van der Waals surface area contributed by atoms with Crippen LogP contribution in [0.2, 0.25) is 0 Å². The molecule has 0 heterocycles. The first kappa shape index (κ1) is 20.4. The molecule has 2 N–H and O–H groups in total. The van der Waals surface area contributed by atoms with E-state index in [9.17, 15) is 19.5 Å². The van der Waals surface area contributed by atoms with Gasteiger partial charge < -0.3 is 19.9 Å². The molecule has 0 saturated heterocycles. The number of phenols is 1. The predicted molar refractivity (Wildman–Crippen MR) is 101 cm³/mol. The first-order valence-electron chi connectivity index (χ1n) is 7.95. The lowest BCUT2D eigenvalue weighted by Crippen LogP contribution is -2.44. The van der Waals surface area contributed by atoms with E-state index in [1.807, 2.05) is 0 Å². The van der Waals surface area contributed by atoms with E-state index in [1.165, 1.54) is 19.2 Å². The summed E-state index contributed by atoms with van der Waals surface area (Å²) in [6, 6.07) is 10.2. The molecule has 1 atom stereocenters. The number of nitrogens with one attached hydrogen (secondary N) is 1. The first-order valence-corrected chi connectivity index (χ1v) is 8.75. The molecule has 0 fully saturated rings. The van der Waals surface area contributed by atoms with Crippen molar-refractivity contribution in [3.05, 3.63) is 58.1 Å². The zero-order valence-corrected chi connectivity index (χ0v) is 16.1. The van der Waals surface area contributed by atoms with E-state index in [4.69, 9.17) is 9.47 Å². The number of carbonyl (C=O) groups excluding carboxylic acids is 3. The molecular weight excluding hydrogens is 418 g/mol. The monoisotopic (exact) mass is 435 g/mol. The van der Waals surface area contributed by atoms with E-state index in [1.54, 1.807) is 30.3 Å². The maximum Gasteiger partial charge on any atom is 0.328 e. The van der Waals surface area contributed by atoms with Gasteiger partial charge in [0.25, 0.3) is 5.91 Å². The summed E-state index contributed by atoms with van der Waals surface area (Å²) in [6.07, 6.45) is 0.816. The van der Waals surface area contributed by atoms with Crippen LogP contribution in [0.15, 0.2) is 46.9 Å². The fourth-order valence-electron chi connectivity index (χ4n) is 2.33. The van der Waals surface area contributed by atoms with Gasteiger partial charge in [0.05, 0.1) is 12.7 Å². The normalized spacial score (nSPS) is 11.3. The van der Waals surface area contributed by atoms with Crippen LogP contribution in [0.1, 0.15) is 15.9 Å². The van der Waals surface area contributed by atoms with E-state index in [0.29, 0.717) is 16.3 Å². The first-order chi connectivity index (χ1) is 12.9. The van der Waals surface area contributed by atoms with Crippen LogP contribution in [0, 0.1) is 0 Å². The Kier molecular flexibility index (Phi) is 7.36. The molecule has 27 heavy (non-hydrogen) atoms. The van der Waals surface area contributed by atoms with Gasteiger partial charge in [-0.05, 0) is 35.9 Å². The average molecular weight is 436 g/mol. The summed E-state index contributed by atoms with van der Waals surface area (Å²) >= 11 is 3.25. The smallest absolute Gasteiger partial charge is 0.328 e. The van der Waals surface area contributed by atoms with Crippen molar-refractivity contribution in [3.63, 3.8) is 0 Å². The van der Waals surface area contributed by atoms with E-state index in [2.05, 4.69) is 21.2 Å². The molecule has 2 aromatic rings. The van der Waals surface area contributed by atoms with Gasteiger partial charge in [-0.25, -0.2) is 4.79 Å². The van der Waals surface area contributed by atoms with Crippen LogP contribution in [0.3, 0.4) is 0 Å². The molecule has 0 spiro atoms. The molecule has 0 aliphatic heterocycles. The number of amides is 1. The molecule has 0 bridgehead atoms. The Bertz CT molecular complexity index is 821. The van der Waals surface area contributed by atoms with Crippen molar-refractivity contribution in [2.45, 2.75) is 12.5 Å². The summed E-state index contributed by atoms with van der Waals surface area (Å²) < 4.78 is 10.8. The summed E-state index contributed by atoms with van der Waals surface area (Å²) in [7, 11) is 1.23. The summed E-state index contributed by atoms with van der Waals surface area (Å²) in [5.74, 6) is -0.777. The minimum Gasteiger partial charge on any atom is -0.508 e. The van der Waals surface area contributed by atoms with Gasteiger partial charge in [-0.2, -0.15) is 0 Å². The van der Waals surface area contributed by atoms with Crippen molar-refractivity contribution in [1.29, 1.82) is 0 Å². The van der Waals surface area contributed by atoms with Crippen LogP contribution < -0.4 is 10.1 Å². The van der Waals surface area contributed by atoms with Crippen molar-refractivity contribution < 1.29 is 29.0 Å². The minimum absolute atomic E-state index is 0.103. The standard InChI is InChI=1S/C19H18BrNO6/c1-26-19(25)16(8-12-2-5-15(23)6-3-12)21-18(24)11-27-17-7-4-14(20)9-13(17)10-22/h2-7,9-10,16,23H,8,11H2,1H3,(H,21,24)/t16-/m0/s1. The third kappa shape index (κ3) is 6.10. The van der Waals surface area contributed by atoms with Crippen LogP contribution in [-0.4, -0.2) is 43.0 Å². The van der Waals surface area contributed by atoms with Crippen LogP contribution in [0.5, 0.6) is 11.5 Å². The van der Waals surface area contributed by atoms with Gasteiger partial charge in [-0.15, -0.1) is 0 Å². The Morgan fingerprint density at radius 1 is 1.22 bits per heavy atom. The van der Waals surface area contributed by atoms with Gasteiger partial charge in [0.15, 0.2) is 12.9 Å². The lowest BCUT2D eigenvalue weighted by molar-refractivity contribution is -0.145. The molecule has 7 nitrogen and oxygen atoms in total. The fourth-order valence-corrected chi connectivity index (χ4v) is 2.70. The molecule has 8 heteroatoms. The number of carbonyl (C=O) groups is 3. The van der Waals surface area contributed by atoms with Gasteiger partial charge in [-0.3, -0.25) is 9.59 Å². The topological polar surface area (TPSA) is 102 Å². The Hall–Kier alpha value is -2.87. The van der Waals surface area contributed by atoms with Crippen LogP contribution in [0.4, 0.5) is 0 Å². The summed E-state index contributed by atoms with van der Waals surface area (Å²) in [6.45, 7) is -0.369. The number of hydrogen-bond acceptors (Lipinski definition) is 6. The van der Waals surface area contributed by atoms with Crippen molar-refractivity contribution in [1.82, 2.24) is 5.32 Å². The average Bonchev–Trinajstić information content (AvgIpc) is 2.67. The van der Waals surface area contributed by atoms with E-state index < -0.39 is 17.9 Å². The number of phenolic OH excluding ortho intramolecular Hbond substituents is 1. The second-order valence-electron chi connectivity index (χ2n) is 5.60. The predicted octanol–water partition coefficient (Wildman–Crippen LogP) is 2.25. The van der Waals surface area contributed by atoms with Crippen LogP contribution in [0.25, 0.3) is 0 Å². The minimum atomic E-state index is -0.911. The number of hydrogen-bond donors (Lipinski definition) is 2. The molecule has 0 aliphatic rings. The molecular formula is C19H18BrNO6. The molecule has 142 valence electrons.